The minimum Gasteiger partial charge on any atom is -0.369 e. The van der Waals surface area contributed by atoms with E-state index in [0.717, 1.165) is 5.56 Å². The monoisotopic (exact) mass is 289 g/mol. The minimum absolute atomic E-state index is 0.123. The van der Waals surface area contributed by atoms with Gasteiger partial charge in [-0.1, -0.05) is 12.1 Å². The topological polar surface area (TPSA) is 74.3 Å². The van der Waals surface area contributed by atoms with Gasteiger partial charge in [0.05, 0.1) is 0 Å². The lowest BCUT2D eigenvalue weighted by molar-refractivity contribution is -0.126. The Kier molecular flexibility index (Phi) is 2.93. The molecule has 1 fully saturated rings. The van der Waals surface area contributed by atoms with Crippen molar-refractivity contribution in [3.05, 3.63) is 35.6 Å². The zero-order valence-corrected chi connectivity index (χ0v) is 11.9. The van der Waals surface area contributed by atoms with Gasteiger partial charge in [-0.15, -0.1) is 0 Å². The summed E-state index contributed by atoms with van der Waals surface area (Å²) in [6.07, 6.45) is 0.822. The number of aliphatic imine (C=N–C) groups is 2. The summed E-state index contributed by atoms with van der Waals surface area (Å²) in [5, 5.41) is 0. The van der Waals surface area contributed by atoms with E-state index in [2.05, 4.69) is 9.98 Å². The molecule has 0 aromatic heterocycles. The molecule has 21 heavy (non-hydrogen) atoms. The van der Waals surface area contributed by atoms with Crippen molar-refractivity contribution in [1.82, 2.24) is 9.80 Å². The van der Waals surface area contributed by atoms with Gasteiger partial charge in [0.25, 0.3) is 0 Å². The second-order valence-corrected chi connectivity index (χ2v) is 5.33. The molecule has 0 aliphatic carbocycles. The second-order valence-electron chi connectivity index (χ2n) is 5.33. The van der Waals surface area contributed by atoms with Crippen molar-refractivity contribution in [2.75, 3.05) is 14.1 Å². The molecule has 3 rings (SSSR count). The van der Waals surface area contributed by atoms with Crippen molar-refractivity contribution < 1.29 is 9.18 Å². The predicted molar refractivity (Wildman–Crippen MR) is 76.9 cm³/mol. The number of nitrogens with zero attached hydrogens (tertiary/aromatic N) is 4. The van der Waals surface area contributed by atoms with E-state index in [1.54, 1.807) is 31.1 Å². The molecule has 2 N–H and O–H groups in total. The van der Waals surface area contributed by atoms with Crippen LogP contribution in [0.25, 0.3) is 0 Å². The van der Waals surface area contributed by atoms with Gasteiger partial charge in [-0.05, 0) is 12.1 Å². The molecule has 6 nitrogen and oxygen atoms in total. The summed E-state index contributed by atoms with van der Waals surface area (Å²) in [7, 11) is 3.61. The van der Waals surface area contributed by atoms with Gasteiger partial charge in [0.2, 0.25) is 17.8 Å². The van der Waals surface area contributed by atoms with Gasteiger partial charge >= 0.3 is 0 Å². The van der Waals surface area contributed by atoms with E-state index < -0.39 is 5.66 Å². The summed E-state index contributed by atoms with van der Waals surface area (Å²) in [5.41, 5.74) is 5.77. The number of rotatable bonds is 1. The van der Waals surface area contributed by atoms with Gasteiger partial charge in [0.1, 0.15) is 5.82 Å². The molecule has 0 bridgehead atoms. The first kappa shape index (κ1) is 13.5. The Morgan fingerprint density at radius 3 is 2.62 bits per heavy atom. The van der Waals surface area contributed by atoms with Gasteiger partial charge in [-0.25, -0.2) is 9.38 Å². The fraction of sp³-hybridized carbons (Fsp3) is 0.357. The molecular weight excluding hydrogens is 273 g/mol. The van der Waals surface area contributed by atoms with E-state index in [4.69, 9.17) is 5.73 Å². The minimum atomic E-state index is -0.920. The van der Waals surface area contributed by atoms with Crippen molar-refractivity contribution in [2.24, 2.45) is 15.7 Å². The summed E-state index contributed by atoms with van der Waals surface area (Å²) < 4.78 is 13.2. The highest BCUT2D eigenvalue weighted by Gasteiger charge is 2.51. The van der Waals surface area contributed by atoms with Crippen molar-refractivity contribution in [3.63, 3.8) is 0 Å². The smallest absolute Gasteiger partial charge is 0.231 e. The lowest BCUT2D eigenvalue weighted by atomic mass is 9.96. The zero-order valence-electron chi connectivity index (χ0n) is 11.9. The van der Waals surface area contributed by atoms with Gasteiger partial charge in [-0.2, -0.15) is 4.99 Å². The molecule has 2 aliphatic heterocycles. The average molecular weight is 289 g/mol. The van der Waals surface area contributed by atoms with Crippen LogP contribution in [0.3, 0.4) is 0 Å². The summed E-state index contributed by atoms with van der Waals surface area (Å²) in [6.45, 7) is 0. The number of benzene rings is 1. The van der Waals surface area contributed by atoms with Gasteiger partial charge in [-0.3, -0.25) is 9.69 Å². The van der Waals surface area contributed by atoms with E-state index in [-0.39, 0.29) is 17.7 Å². The largest absolute Gasteiger partial charge is 0.369 e. The summed E-state index contributed by atoms with van der Waals surface area (Å²) in [6, 6.07) is 5.99. The zero-order chi connectivity index (χ0) is 15.2. The third-order valence-corrected chi connectivity index (χ3v) is 3.74. The fourth-order valence-corrected chi connectivity index (χ4v) is 2.73. The maximum Gasteiger partial charge on any atom is 0.231 e. The molecule has 1 unspecified atom stereocenters. The molecule has 7 heteroatoms. The maximum atomic E-state index is 13.2. The Labute approximate surface area is 121 Å². The van der Waals surface area contributed by atoms with Crippen LogP contribution in [0.15, 0.2) is 34.3 Å². The van der Waals surface area contributed by atoms with Crippen LogP contribution in [0.4, 0.5) is 4.39 Å². The Morgan fingerprint density at radius 1 is 1.33 bits per heavy atom. The average Bonchev–Trinajstić information content (AvgIpc) is 2.78. The highest BCUT2D eigenvalue weighted by Crippen LogP contribution is 2.42. The van der Waals surface area contributed by atoms with Crippen LogP contribution in [-0.2, 0) is 10.5 Å². The van der Waals surface area contributed by atoms with E-state index in [0.29, 0.717) is 18.8 Å². The summed E-state index contributed by atoms with van der Waals surface area (Å²) in [4.78, 5) is 24.1. The van der Waals surface area contributed by atoms with Crippen molar-refractivity contribution in [3.8, 4) is 0 Å². The molecule has 0 radical (unpaired) electrons. The van der Waals surface area contributed by atoms with Crippen molar-refractivity contribution in [2.45, 2.75) is 18.5 Å². The number of hydrogen-bond donors (Lipinski definition) is 1. The molecule has 0 spiro atoms. The van der Waals surface area contributed by atoms with Crippen molar-refractivity contribution >= 4 is 17.8 Å². The number of halogens is 1. The van der Waals surface area contributed by atoms with E-state index in [1.807, 2.05) is 0 Å². The molecule has 2 aliphatic rings. The highest BCUT2D eigenvalue weighted by atomic mass is 19.1. The quantitative estimate of drug-likeness (QED) is 0.832. The van der Waals surface area contributed by atoms with E-state index in [1.165, 1.54) is 17.0 Å². The second kappa shape index (κ2) is 4.54. The standard InChI is InChI=1S/C14H16FN5O/c1-19(2)13-17-12(16)20-11(21)7-8-14(20,18-13)9-3-5-10(15)6-4-9/h3-6H,7-8H2,1-2H3,(H2,16,17,18). The third-order valence-electron chi connectivity index (χ3n) is 3.74. The molecule has 1 aromatic carbocycles. The van der Waals surface area contributed by atoms with Crippen LogP contribution in [0.5, 0.6) is 0 Å². The molecule has 1 saturated heterocycles. The fourth-order valence-electron chi connectivity index (χ4n) is 2.73. The van der Waals surface area contributed by atoms with E-state index in [9.17, 15) is 9.18 Å². The Hall–Kier alpha value is -2.44. The molecule has 110 valence electrons. The first-order valence-corrected chi connectivity index (χ1v) is 6.64. The van der Waals surface area contributed by atoms with Crippen molar-refractivity contribution in [1.29, 1.82) is 0 Å². The number of carbonyl (C=O) groups excluding carboxylic acids is 1. The van der Waals surface area contributed by atoms with Crippen LogP contribution in [-0.4, -0.2) is 41.7 Å². The molecular formula is C14H16FN5O. The van der Waals surface area contributed by atoms with Crippen LogP contribution < -0.4 is 5.73 Å². The number of fused-ring (bicyclic) bond motifs is 1. The van der Waals surface area contributed by atoms with Crippen LogP contribution in [0.2, 0.25) is 0 Å². The normalized spacial score (nSPS) is 24.5. The van der Waals surface area contributed by atoms with Gasteiger partial charge < -0.3 is 10.6 Å². The first-order valence-electron chi connectivity index (χ1n) is 6.64. The summed E-state index contributed by atoms with van der Waals surface area (Å²) in [5.74, 6) is 0.116. The number of nitrogens with two attached hydrogens (primary N) is 1. The maximum absolute atomic E-state index is 13.2. The number of guanidine groups is 2. The molecule has 1 aromatic rings. The van der Waals surface area contributed by atoms with Crippen LogP contribution >= 0.6 is 0 Å². The Bertz CT molecular complexity index is 652. The Morgan fingerprint density at radius 2 is 2.00 bits per heavy atom. The van der Waals surface area contributed by atoms with Gasteiger partial charge in [0, 0.05) is 32.5 Å². The molecule has 1 atom stereocenters. The molecule has 0 saturated carbocycles. The van der Waals surface area contributed by atoms with Crippen LogP contribution in [0.1, 0.15) is 18.4 Å². The number of hydrogen-bond acceptors (Lipinski definition) is 5. The van der Waals surface area contributed by atoms with E-state index >= 15 is 0 Å². The summed E-state index contributed by atoms with van der Waals surface area (Å²) >= 11 is 0. The first-order chi connectivity index (χ1) is 9.94. The lowest BCUT2D eigenvalue weighted by Gasteiger charge is -2.38. The van der Waals surface area contributed by atoms with Crippen LogP contribution in [0, 0.1) is 5.82 Å². The SMILES string of the molecule is CN(C)C1=NC2(c3ccc(F)cc3)CCC(=O)N2C(N)=N1. The molecule has 1 amide bonds. The van der Waals surface area contributed by atoms with Gasteiger partial charge in [0.15, 0.2) is 5.66 Å². The third kappa shape index (κ3) is 1.96. The predicted octanol–water partition coefficient (Wildman–Crippen LogP) is 0.847. The molecule has 2 heterocycles. The Balaban J connectivity index is 2.18. The lowest BCUT2D eigenvalue weighted by Crippen LogP contribution is -2.53. The highest BCUT2D eigenvalue weighted by molar-refractivity contribution is 6.06. The number of carbonyl (C=O) groups is 1. The number of amides is 1.